The van der Waals surface area contributed by atoms with Crippen molar-refractivity contribution < 1.29 is 18.3 Å². The van der Waals surface area contributed by atoms with E-state index in [-0.39, 0.29) is 34.6 Å². The lowest BCUT2D eigenvalue weighted by Crippen LogP contribution is -2.50. The van der Waals surface area contributed by atoms with E-state index in [1.165, 1.54) is 13.0 Å². The van der Waals surface area contributed by atoms with Crippen LogP contribution in [0, 0.1) is 5.41 Å². The van der Waals surface area contributed by atoms with Crippen molar-refractivity contribution in [2.75, 3.05) is 41.8 Å². The number of nitrogen functional groups attached to an aromatic ring is 1. The average molecular weight is 491 g/mol. The molecular weight excluding hydrogens is 462 g/mol. The van der Waals surface area contributed by atoms with Crippen molar-refractivity contribution in [3.05, 3.63) is 30.0 Å². The van der Waals surface area contributed by atoms with E-state index in [0.29, 0.717) is 22.3 Å². The zero-order valence-corrected chi connectivity index (χ0v) is 19.9. The maximum atomic E-state index is 14.8. The van der Waals surface area contributed by atoms with Crippen LogP contribution in [0.1, 0.15) is 32.3 Å². The number of hydrogen-bond donors (Lipinski definition) is 2. The number of carbonyl (C=O) groups is 1. The van der Waals surface area contributed by atoms with E-state index < -0.39 is 18.4 Å². The highest BCUT2D eigenvalue weighted by atomic mass is 32.2. The molecule has 4 N–H and O–H groups in total. The van der Waals surface area contributed by atoms with Gasteiger partial charge in [0.15, 0.2) is 5.82 Å². The first-order chi connectivity index (χ1) is 16.1. The monoisotopic (exact) mass is 490 g/mol. The van der Waals surface area contributed by atoms with Gasteiger partial charge in [-0.2, -0.15) is 8.78 Å². The molecule has 2 fully saturated rings. The van der Waals surface area contributed by atoms with Crippen LogP contribution in [0.15, 0.2) is 34.3 Å². The summed E-state index contributed by atoms with van der Waals surface area (Å²) in [6, 6.07) is 4.80. The van der Waals surface area contributed by atoms with E-state index >= 15 is 0 Å². The molecule has 11 heteroatoms. The number of anilines is 3. The van der Waals surface area contributed by atoms with Gasteiger partial charge < -0.3 is 26.0 Å². The molecule has 0 unspecified atom stereocenters. The first kappa shape index (κ1) is 23.3. The van der Waals surface area contributed by atoms with Gasteiger partial charge in [-0.3, -0.25) is 4.79 Å². The lowest BCUT2D eigenvalue weighted by molar-refractivity contribution is -0.117. The number of ether oxygens (including phenoxy) is 1. The molecule has 8 nitrogen and oxygen atoms in total. The van der Waals surface area contributed by atoms with Crippen molar-refractivity contribution in [1.82, 2.24) is 9.97 Å². The molecule has 0 aliphatic carbocycles. The molecule has 1 amide bonds. The number of nitrogens with two attached hydrogens (primary N) is 2. The number of aromatic nitrogens is 2. The van der Waals surface area contributed by atoms with Crippen LogP contribution in [-0.2, 0) is 15.5 Å². The standard InChI is InChI=1S/C23H28F2N6O2S/c1-13-19(26)22(12-33-13)6-8-30(9-7-22)17-10-28-21(20(27)29-17)34-16-5-3-4-15-18(16)23(24,25)11-31(15)14(2)32/h3-5,10,13,19H,6-9,11-12,26H2,1-2H3,(H2,27,29)/t13-,19+/m0/s1. The highest BCUT2D eigenvalue weighted by Gasteiger charge is 2.48. The molecule has 4 heterocycles. The maximum absolute atomic E-state index is 14.8. The summed E-state index contributed by atoms with van der Waals surface area (Å²) >= 11 is 1.04. The smallest absolute Gasteiger partial charge is 0.293 e. The predicted molar refractivity (Wildman–Crippen MR) is 126 cm³/mol. The van der Waals surface area contributed by atoms with Crippen molar-refractivity contribution >= 4 is 35.0 Å². The summed E-state index contributed by atoms with van der Waals surface area (Å²) in [5, 5.41) is 0.350. The Morgan fingerprint density at radius 3 is 2.65 bits per heavy atom. The molecule has 0 saturated carbocycles. The molecule has 1 aromatic heterocycles. The molecule has 1 spiro atoms. The Hall–Kier alpha value is -2.50. The lowest BCUT2D eigenvalue weighted by Gasteiger charge is -2.41. The third-order valence-corrected chi connectivity index (χ3v) is 8.35. The summed E-state index contributed by atoms with van der Waals surface area (Å²) in [5.41, 5.74) is 12.7. The molecule has 0 radical (unpaired) electrons. The summed E-state index contributed by atoms with van der Waals surface area (Å²) < 4.78 is 35.4. The Balaban J connectivity index is 1.34. The van der Waals surface area contributed by atoms with E-state index in [0.717, 1.165) is 42.6 Å². The number of fused-ring (bicyclic) bond motifs is 1. The number of halogens is 2. The maximum Gasteiger partial charge on any atom is 0.293 e. The summed E-state index contributed by atoms with van der Waals surface area (Å²) in [6.45, 7) is 4.85. The topological polar surface area (TPSA) is 111 Å². The van der Waals surface area contributed by atoms with Gasteiger partial charge in [-0.25, -0.2) is 9.97 Å². The Morgan fingerprint density at radius 1 is 1.29 bits per heavy atom. The molecule has 2 atom stereocenters. The van der Waals surface area contributed by atoms with E-state index in [1.54, 1.807) is 18.3 Å². The van der Waals surface area contributed by atoms with Gasteiger partial charge in [0.05, 0.1) is 36.7 Å². The van der Waals surface area contributed by atoms with Crippen molar-refractivity contribution in [2.24, 2.45) is 11.1 Å². The van der Waals surface area contributed by atoms with Crippen LogP contribution in [0.2, 0.25) is 0 Å². The van der Waals surface area contributed by atoms with E-state index in [4.69, 9.17) is 16.2 Å². The molecule has 3 aliphatic rings. The van der Waals surface area contributed by atoms with Crippen LogP contribution in [-0.4, -0.2) is 54.3 Å². The number of alkyl halides is 2. The molecule has 1 aromatic carbocycles. The van der Waals surface area contributed by atoms with Gasteiger partial charge in [-0.1, -0.05) is 17.8 Å². The molecular formula is C23H28F2N6O2S. The second-order valence-electron chi connectivity index (χ2n) is 9.37. The van der Waals surface area contributed by atoms with Crippen molar-refractivity contribution in [1.29, 1.82) is 0 Å². The molecule has 34 heavy (non-hydrogen) atoms. The van der Waals surface area contributed by atoms with Gasteiger partial charge in [0.25, 0.3) is 5.92 Å². The quantitative estimate of drug-likeness (QED) is 0.676. The number of nitrogens with zero attached hydrogens (tertiary/aromatic N) is 4. The summed E-state index contributed by atoms with van der Waals surface area (Å²) in [4.78, 5) is 24.4. The Morgan fingerprint density at radius 2 is 2.03 bits per heavy atom. The minimum Gasteiger partial charge on any atom is -0.381 e. The molecule has 2 aromatic rings. The number of carbonyl (C=O) groups excluding carboxylic acids is 1. The summed E-state index contributed by atoms with van der Waals surface area (Å²) in [5.74, 6) is -2.74. The molecule has 2 saturated heterocycles. The normalized spacial score (nSPS) is 25.1. The van der Waals surface area contributed by atoms with Crippen molar-refractivity contribution in [3.8, 4) is 0 Å². The minimum atomic E-state index is -3.15. The minimum absolute atomic E-state index is 0.00263. The molecule has 182 valence electrons. The second kappa shape index (κ2) is 8.31. The number of piperidine rings is 1. The van der Waals surface area contributed by atoms with Crippen LogP contribution < -0.4 is 21.3 Å². The molecule has 3 aliphatic heterocycles. The van der Waals surface area contributed by atoms with Crippen LogP contribution >= 0.6 is 11.8 Å². The highest BCUT2D eigenvalue weighted by molar-refractivity contribution is 7.99. The fourth-order valence-electron chi connectivity index (χ4n) is 5.21. The van der Waals surface area contributed by atoms with Crippen molar-refractivity contribution in [2.45, 2.75) is 54.7 Å². The SMILES string of the molecule is CC(=O)N1CC(F)(F)c2c(Sc3ncc(N4CCC5(CC4)CO[C@@H](C)[C@H]5N)nc3N)cccc21. The van der Waals surface area contributed by atoms with Crippen LogP contribution in [0.3, 0.4) is 0 Å². The van der Waals surface area contributed by atoms with Crippen LogP contribution in [0.5, 0.6) is 0 Å². The first-order valence-electron chi connectivity index (χ1n) is 11.3. The summed E-state index contributed by atoms with van der Waals surface area (Å²) in [6.07, 6.45) is 3.49. The van der Waals surface area contributed by atoms with Gasteiger partial charge in [0.1, 0.15) is 10.8 Å². The molecule has 0 bridgehead atoms. The predicted octanol–water partition coefficient (Wildman–Crippen LogP) is 3.00. The third kappa shape index (κ3) is 3.79. The fraction of sp³-hybridized carbons (Fsp3) is 0.522. The number of amides is 1. The Labute approximate surface area is 201 Å². The zero-order valence-electron chi connectivity index (χ0n) is 19.1. The lowest BCUT2D eigenvalue weighted by atomic mass is 9.73. The average Bonchev–Trinajstić information content (AvgIpc) is 3.24. The van der Waals surface area contributed by atoms with Gasteiger partial charge in [-0.15, -0.1) is 0 Å². The van der Waals surface area contributed by atoms with Gasteiger partial charge >= 0.3 is 0 Å². The van der Waals surface area contributed by atoms with Crippen LogP contribution in [0.25, 0.3) is 0 Å². The van der Waals surface area contributed by atoms with Gasteiger partial charge in [-0.05, 0) is 31.9 Å². The number of hydrogen-bond acceptors (Lipinski definition) is 8. The number of benzene rings is 1. The van der Waals surface area contributed by atoms with Gasteiger partial charge in [0.2, 0.25) is 5.91 Å². The highest BCUT2D eigenvalue weighted by Crippen LogP contribution is 2.49. The molecule has 5 rings (SSSR count). The first-order valence-corrected chi connectivity index (χ1v) is 12.1. The largest absolute Gasteiger partial charge is 0.381 e. The van der Waals surface area contributed by atoms with Crippen LogP contribution in [0.4, 0.5) is 26.1 Å². The Kier molecular flexibility index (Phi) is 5.69. The number of rotatable bonds is 3. The zero-order chi connectivity index (χ0) is 24.3. The van der Waals surface area contributed by atoms with Gasteiger partial charge in [0, 0.05) is 36.4 Å². The van der Waals surface area contributed by atoms with Crippen molar-refractivity contribution in [3.63, 3.8) is 0 Å². The third-order valence-electron chi connectivity index (χ3n) is 7.29. The van der Waals surface area contributed by atoms with E-state index in [9.17, 15) is 13.6 Å². The second-order valence-corrected chi connectivity index (χ2v) is 10.4. The summed E-state index contributed by atoms with van der Waals surface area (Å²) in [7, 11) is 0. The Bertz CT molecular complexity index is 1120. The van der Waals surface area contributed by atoms with E-state index in [1.807, 2.05) is 6.92 Å². The van der Waals surface area contributed by atoms with E-state index in [2.05, 4.69) is 14.9 Å². The fourth-order valence-corrected chi connectivity index (χ4v) is 6.18.